The van der Waals surface area contributed by atoms with Crippen LogP contribution in [0.4, 0.5) is 9.18 Å². The quantitative estimate of drug-likeness (QED) is 0.303. The Morgan fingerprint density at radius 3 is 2.55 bits per heavy atom. The first-order valence-corrected chi connectivity index (χ1v) is 16.2. The number of imidazole rings is 1. The van der Waals surface area contributed by atoms with Gasteiger partial charge in [-0.1, -0.05) is 0 Å². The third-order valence-corrected chi connectivity index (χ3v) is 9.09. The van der Waals surface area contributed by atoms with Crippen molar-refractivity contribution in [2.24, 2.45) is 5.92 Å². The highest BCUT2D eigenvalue weighted by Gasteiger charge is 2.30. The van der Waals surface area contributed by atoms with Crippen LogP contribution in [0.1, 0.15) is 95.5 Å². The van der Waals surface area contributed by atoms with Crippen LogP contribution in [0.15, 0.2) is 42.9 Å². The van der Waals surface area contributed by atoms with Crippen molar-refractivity contribution >= 4 is 17.5 Å². The number of aromatic nitrogens is 2. The molecule has 8 nitrogen and oxygen atoms in total. The van der Waals surface area contributed by atoms with Crippen molar-refractivity contribution in [3.8, 4) is 11.3 Å². The Bertz CT molecular complexity index is 1470. The van der Waals surface area contributed by atoms with Crippen molar-refractivity contribution < 1.29 is 18.7 Å². The van der Waals surface area contributed by atoms with Crippen LogP contribution in [0.25, 0.3) is 16.8 Å². The summed E-state index contributed by atoms with van der Waals surface area (Å²) < 4.78 is 22.0. The molecule has 238 valence electrons. The lowest BCUT2D eigenvalue weighted by molar-refractivity contribution is 0.0484. The second-order valence-electron chi connectivity index (χ2n) is 13.8. The summed E-state index contributed by atoms with van der Waals surface area (Å²) >= 11 is 0. The number of carbonyl (C=O) groups is 2. The molecular weight excluding hydrogens is 557 g/mol. The second-order valence-corrected chi connectivity index (χ2v) is 13.8. The van der Waals surface area contributed by atoms with E-state index >= 15 is 0 Å². The molecule has 1 N–H and O–H groups in total. The summed E-state index contributed by atoms with van der Waals surface area (Å²) in [4.78, 5) is 34.6. The smallest absolute Gasteiger partial charge is 0.407 e. The molecule has 44 heavy (non-hydrogen) atoms. The lowest BCUT2D eigenvalue weighted by Crippen LogP contribution is -2.42. The van der Waals surface area contributed by atoms with Gasteiger partial charge in [-0.15, -0.1) is 0 Å². The zero-order valence-corrected chi connectivity index (χ0v) is 27.1. The maximum Gasteiger partial charge on any atom is 0.407 e. The van der Waals surface area contributed by atoms with E-state index < -0.39 is 11.4 Å². The number of hydrogen-bond donors (Lipinski definition) is 1. The minimum Gasteiger partial charge on any atom is -0.444 e. The van der Waals surface area contributed by atoms with Crippen molar-refractivity contribution in [2.45, 2.75) is 97.2 Å². The molecule has 0 unspecified atom stereocenters. The maximum absolute atomic E-state index is 14.5. The van der Waals surface area contributed by atoms with Crippen LogP contribution in [-0.4, -0.2) is 75.0 Å². The average molecular weight is 606 g/mol. The molecule has 2 aromatic heterocycles. The second kappa shape index (κ2) is 13.3. The fourth-order valence-electron chi connectivity index (χ4n) is 6.91. The van der Waals surface area contributed by atoms with Gasteiger partial charge in [-0.2, -0.15) is 0 Å². The highest BCUT2D eigenvalue weighted by atomic mass is 19.1. The van der Waals surface area contributed by atoms with E-state index in [9.17, 15) is 14.0 Å². The molecule has 1 atom stereocenters. The van der Waals surface area contributed by atoms with Crippen LogP contribution in [0, 0.1) is 11.7 Å². The molecule has 0 radical (unpaired) electrons. The van der Waals surface area contributed by atoms with Crippen molar-refractivity contribution in [1.29, 1.82) is 0 Å². The topological polar surface area (TPSA) is 79.2 Å². The van der Waals surface area contributed by atoms with E-state index in [4.69, 9.17) is 4.74 Å². The third-order valence-electron chi connectivity index (χ3n) is 9.09. The molecule has 0 bridgehead atoms. The van der Waals surface area contributed by atoms with Crippen LogP contribution in [0.5, 0.6) is 0 Å². The number of nitrogens with one attached hydrogen (secondary N) is 1. The normalized spacial score (nSPS) is 21.1. The van der Waals surface area contributed by atoms with E-state index in [1.807, 2.05) is 52.1 Å². The molecule has 2 amide bonds. The van der Waals surface area contributed by atoms with E-state index in [1.54, 1.807) is 17.3 Å². The Morgan fingerprint density at radius 2 is 1.86 bits per heavy atom. The molecule has 3 aromatic rings. The van der Waals surface area contributed by atoms with Crippen LogP contribution in [-0.2, 0) is 4.74 Å². The fraction of sp³-hybridized carbons (Fsp3) is 0.571. The first kappa shape index (κ1) is 31.9. The number of alkyl carbamates (subject to hydrolysis) is 1. The summed E-state index contributed by atoms with van der Waals surface area (Å²) in [7, 11) is 0. The number of fused-ring (bicyclic) bond motifs is 1. The number of hydrogen-bond acceptors (Lipinski definition) is 5. The van der Waals surface area contributed by atoms with Gasteiger partial charge in [0.2, 0.25) is 0 Å². The largest absolute Gasteiger partial charge is 0.444 e. The van der Waals surface area contributed by atoms with Crippen molar-refractivity contribution in [1.82, 2.24) is 24.5 Å². The summed E-state index contributed by atoms with van der Waals surface area (Å²) in [6, 6.07) is 9.09. The maximum atomic E-state index is 14.5. The molecule has 1 aromatic carbocycles. The molecule has 1 saturated carbocycles. The lowest BCUT2D eigenvalue weighted by atomic mass is 9.85. The number of amides is 2. The van der Waals surface area contributed by atoms with E-state index in [-0.39, 0.29) is 24.1 Å². The van der Waals surface area contributed by atoms with Gasteiger partial charge in [-0.3, -0.25) is 9.20 Å². The van der Waals surface area contributed by atoms with E-state index in [0.29, 0.717) is 29.5 Å². The number of likely N-dealkylation sites (tertiary alicyclic amines) is 1. The number of halogens is 1. The van der Waals surface area contributed by atoms with Gasteiger partial charge in [0.1, 0.15) is 11.4 Å². The standard InChI is InChI=1S/C35H48FN5O3/c1-7-40(23(2)3)33(42)31-18-27(36)10-13-30(31)32-17-26(16-29-19-37-22-41(29)32)25-14-15-39(21-25)20-24-8-11-28(12-9-24)38-34(43)44-35(4,5)6/h10,13,16-19,22-25,28H,7-9,11-12,14-15,20-21H2,1-6H3,(H,38,43)/t24?,25-,28?/m0/s1. The molecule has 9 heteroatoms. The molecule has 1 aliphatic heterocycles. The summed E-state index contributed by atoms with van der Waals surface area (Å²) in [5.41, 5.74) is 3.64. The Morgan fingerprint density at radius 1 is 1.11 bits per heavy atom. The van der Waals surface area contributed by atoms with E-state index in [1.165, 1.54) is 17.7 Å². The van der Waals surface area contributed by atoms with Gasteiger partial charge in [0, 0.05) is 37.3 Å². The Hall–Kier alpha value is -3.46. The summed E-state index contributed by atoms with van der Waals surface area (Å²) in [5, 5.41) is 3.05. The van der Waals surface area contributed by atoms with Crippen molar-refractivity contribution in [3.05, 3.63) is 59.8 Å². The number of rotatable bonds is 8. The number of benzene rings is 1. The summed E-state index contributed by atoms with van der Waals surface area (Å²) in [6.45, 7) is 15.2. The van der Waals surface area contributed by atoms with Gasteiger partial charge in [0.25, 0.3) is 5.91 Å². The zero-order chi connectivity index (χ0) is 31.6. The van der Waals surface area contributed by atoms with Crippen molar-refractivity contribution in [2.75, 3.05) is 26.2 Å². The SMILES string of the molecule is CCN(C(=O)c1cc(F)ccc1-c1cc([C@H]2CCN(CC3CCC(NC(=O)OC(C)(C)C)CC3)C2)cc2cncn12)C(C)C. The third kappa shape index (κ3) is 7.42. The molecule has 1 saturated heterocycles. The Kier molecular flexibility index (Phi) is 9.63. The molecule has 2 aliphatic rings. The highest BCUT2D eigenvalue weighted by molar-refractivity contribution is 6.01. The van der Waals surface area contributed by atoms with Crippen LogP contribution in [0.2, 0.25) is 0 Å². The molecule has 3 heterocycles. The Balaban J connectivity index is 1.29. The van der Waals surface area contributed by atoms with Gasteiger partial charge < -0.3 is 19.9 Å². The van der Waals surface area contributed by atoms with Crippen molar-refractivity contribution in [3.63, 3.8) is 0 Å². The molecule has 2 fully saturated rings. The monoisotopic (exact) mass is 605 g/mol. The summed E-state index contributed by atoms with van der Waals surface area (Å²) in [6.07, 6.45) is 8.51. The van der Waals surface area contributed by atoms with Crippen LogP contribution in [0.3, 0.4) is 0 Å². The van der Waals surface area contributed by atoms with Gasteiger partial charge in [0.15, 0.2) is 0 Å². The van der Waals surface area contributed by atoms with E-state index in [2.05, 4.69) is 27.3 Å². The highest BCUT2D eigenvalue weighted by Crippen LogP contribution is 2.35. The number of ether oxygens (including phenoxy) is 1. The molecule has 1 aliphatic carbocycles. The minimum absolute atomic E-state index is 0.00368. The molecule has 5 rings (SSSR count). The fourth-order valence-corrected chi connectivity index (χ4v) is 6.91. The van der Waals surface area contributed by atoms with Gasteiger partial charge in [-0.25, -0.2) is 14.2 Å². The number of carbonyl (C=O) groups excluding carboxylic acids is 2. The van der Waals surface area contributed by atoms with Gasteiger partial charge >= 0.3 is 6.09 Å². The zero-order valence-electron chi connectivity index (χ0n) is 27.1. The van der Waals surface area contributed by atoms with Crippen LogP contribution < -0.4 is 5.32 Å². The molecule has 0 spiro atoms. The summed E-state index contributed by atoms with van der Waals surface area (Å²) in [5.74, 6) is 0.393. The van der Waals surface area contributed by atoms with Crippen LogP contribution >= 0.6 is 0 Å². The number of nitrogens with zero attached hydrogens (tertiary/aromatic N) is 4. The average Bonchev–Trinajstić information content (AvgIpc) is 3.62. The predicted molar refractivity (Wildman–Crippen MR) is 171 cm³/mol. The van der Waals surface area contributed by atoms with Gasteiger partial charge in [-0.05, 0) is 128 Å². The first-order valence-electron chi connectivity index (χ1n) is 16.2. The number of pyridine rings is 1. The van der Waals surface area contributed by atoms with E-state index in [0.717, 1.165) is 62.9 Å². The minimum atomic E-state index is -0.486. The first-order chi connectivity index (χ1) is 20.9. The predicted octanol–water partition coefficient (Wildman–Crippen LogP) is 6.88. The Labute approximate surface area is 261 Å². The lowest BCUT2D eigenvalue weighted by Gasteiger charge is -2.32. The molecular formula is C35H48FN5O3. The van der Waals surface area contributed by atoms with Gasteiger partial charge in [0.05, 0.1) is 29.3 Å².